The molecule has 0 aliphatic carbocycles. The van der Waals surface area contributed by atoms with Crippen molar-refractivity contribution in [2.75, 3.05) is 37.4 Å². The minimum absolute atomic E-state index is 0.188. The molecule has 0 aromatic heterocycles. The van der Waals surface area contributed by atoms with Crippen LogP contribution in [0.4, 0.5) is 11.4 Å². The Balaban J connectivity index is 1.77. The van der Waals surface area contributed by atoms with Crippen LogP contribution >= 0.6 is 11.6 Å². The molecule has 0 fully saturated rings. The fourth-order valence-corrected chi connectivity index (χ4v) is 4.67. The van der Waals surface area contributed by atoms with Gasteiger partial charge >= 0.3 is 0 Å². The van der Waals surface area contributed by atoms with Gasteiger partial charge in [-0.05, 0) is 61.2 Å². The van der Waals surface area contributed by atoms with Gasteiger partial charge in [-0.3, -0.25) is 4.79 Å². The average molecular weight is 422 g/mol. The zero-order chi connectivity index (χ0) is 20.5. The van der Waals surface area contributed by atoms with Crippen LogP contribution in [0.5, 0.6) is 0 Å². The number of fused-ring (bicyclic) bond motifs is 1. The van der Waals surface area contributed by atoms with Crippen molar-refractivity contribution in [2.24, 2.45) is 0 Å². The molecule has 1 aliphatic heterocycles. The lowest BCUT2D eigenvalue weighted by Gasteiger charge is -2.30. The van der Waals surface area contributed by atoms with Crippen molar-refractivity contribution in [3.05, 3.63) is 52.5 Å². The normalized spacial score (nSPS) is 14.1. The van der Waals surface area contributed by atoms with E-state index in [-0.39, 0.29) is 17.3 Å². The SMILES string of the molecule is Cc1ccc(NC(=O)CN2CCCc3cc(Cl)ccc32)cc1S(=O)(=O)N(C)C. The van der Waals surface area contributed by atoms with Crippen LogP contribution in [0.2, 0.25) is 5.02 Å². The van der Waals surface area contributed by atoms with Gasteiger partial charge in [0.15, 0.2) is 0 Å². The van der Waals surface area contributed by atoms with Crippen LogP contribution in [0.25, 0.3) is 0 Å². The molecule has 2 aromatic rings. The number of nitrogens with zero attached hydrogens (tertiary/aromatic N) is 2. The number of halogens is 1. The summed E-state index contributed by atoms with van der Waals surface area (Å²) in [6.07, 6.45) is 1.90. The summed E-state index contributed by atoms with van der Waals surface area (Å²) in [6, 6.07) is 10.6. The maximum Gasteiger partial charge on any atom is 0.243 e. The zero-order valence-corrected chi connectivity index (χ0v) is 17.8. The number of sulfonamides is 1. The minimum atomic E-state index is -3.58. The van der Waals surface area contributed by atoms with Gasteiger partial charge in [-0.15, -0.1) is 0 Å². The molecule has 6 nitrogen and oxygen atoms in total. The molecule has 1 aliphatic rings. The molecule has 3 rings (SSSR count). The lowest BCUT2D eigenvalue weighted by Crippen LogP contribution is -2.36. The van der Waals surface area contributed by atoms with Crippen LogP contribution in [-0.4, -0.2) is 45.8 Å². The van der Waals surface area contributed by atoms with E-state index >= 15 is 0 Å². The van der Waals surface area contributed by atoms with E-state index in [9.17, 15) is 13.2 Å². The first-order chi connectivity index (χ1) is 13.2. The van der Waals surface area contributed by atoms with Gasteiger partial charge in [0.05, 0.1) is 11.4 Å². The van der Waals surface area contributed by atoms with Crippen molar-refractivity contribution in [3.63, 3.8) is 0 Å². The third kappa shape index (κ3) is 4.32. The Morgan fingerprint density at radius 2 is 1.96 bits per heavy atom. The predicted octanol–water partition coefficient (Wildman–Crippen LogP) is 3.29. The molecule has 0 saturated carbocycles. The highest BCUT2D eigenvalue weighted by molar-refractivity contribution is 7.89. The molecule has 28 heavy (non-hydrogen) atoms. The highest BCUT2D eigenvalue weighted by atomic mass is 35.5. The van der Waals surface area contributed by atoms with E-state index in [4.69, 9.17) is 11.6 Å². The van der Waals surface area contributed by atoms with Gasteiger partial charge in [-0.25, -0.2) is 12.7 Å². The van der Waals surface area contributed by atoms with E-state index in [1.165, 1.54) is 20.2 Å². The Morgan fingerprint density at radius 3 is 2.68 bits per heavy atom. The van der Waals surface area contributed by atoms with E-state index in [0.29, 0.717) is 16.3 Å². The van der Waals surface area contributed by atoms with Crippen LogP contribution in [0.1, 0.15) is 17.5 Å². The second-order valence-electron chi connectivity index (χ2n) is 7.11. The van der Waals surface area contributed by atoms with Crippen LogP contribution in [0, 0.1) is 6.92 Å². The number of carbonyl (C=O) groups excluding carboxylic acids is 1. The maximum absolute atomic E-state index is 12.6. The van der Waals surface area contributed by atoms with Crippen molar-refractivity contribution >= 4 is 38.9 Å². The molecule has 0 spiro atoms. The van der Waals surface area contributed by atoms with Crippen molar-refractivity contribution in [1.29, 1.82) is 0 Å². The van der Waals surface area contributed by atoms with Crippen molar-refractivity contribution in [3.8, 4) is 0 Å². The summed E-state index contributed by atoms with van der Waals surface area (Å²) in [5.74, 6) is -0.195. The predicted molar refractivity (Wildman–Crippen MR) is 113 cm³/mol. The third-order valence-electron chi connectivity index (χ3n) is 4.82. The monoisotopic (exact) mass is 421 g/mol. The van der Waals surface area contributed by atoms with Crippen molar-refractivity contribution < 1.29 is 13.2 Å². The van der Waals surface area contributed by atoms with E-state index in [1.807, 2.05) is 23.1 Å². The molecular formula is C20H24ClN3O3S. The van der Waals surface area contributed by atoms with Crippen molar-refractivity contribution in [2.45, 2.75) is 24.7 Å². The molecule has 0 radical (unpaired) electrons. The molecule has 8 heteroatoms. The highest BCUT2D eigenvalue weighted by Gasteiger charge is 2.22. The van der Waals surface area contributed by atoms with Crippen molar-refractivity contribution in [1.82, 2.24) is 4.31 Å². The fourth-order valence-electron chi connectivity index (χ4n) is 3.33. The van der Waals surface area contributed by atoms with Gasteiger partial charge < -0.3 is 10.2 Å². The molecule has 150 valence electrons. The molecule has 1 heterocycles. The second-order valence-corrected chi connectivity index (χ2v) is 9.67. The van der Waals surface area contributed by atoms with Crippen LogP contribution in [0.15, 0.2) is 41.3 Å². The van der Waals surface area contributed by atoms with Crippen LogP contribution in [0.3, 0.4) is 0 Å². The molecule has 1 N–H and O–H groups in total. The largest absolute Gasteiger partial charge is 0.362 e. The number of carbonyl (C=O) groups is 1. The molecular weight excluding hydrogens is 398 g/mol. The van der Waals surface area contributed by atoms with Gasteiger partial charge in [0.25, 0.3) is 0 Å². The number of hydrogen-bond donors (Lipinski definition) is 1. The van der Waals surface area contributed by atoms with E-state index < -0.39 is 10.0 Å². The standard InChI is InChI=1S/C20H24ClN3O3S/c1-14-6-8-17(12-19(14)28(26,27)23(2)3)22-20(25)13-24-10-4-5-15-11-16(21)7-9-18(15)24/h6-9,11-12H,4-5,10,13H2,1-3H3,(H,22,25). The molecule has 0 unspecified atom stereocenters. The molecule has 0 bridgehead atoms. The zero-order valence-electron chi connectivity index (χ0n) is 16.2. The quantitative estimate of drug-likeness (QED) is 0.804. The first-order valence-electron chi connectivity index (χ1n) is 9.05. The Bertz CT molecular complexity index is 1010. The topological polar surface area (TPSA) is 69.7 Å². The van der Waals surface area contributed by atoms with Gasteiger partial charge in [-0.2, -0.15) is 0 Å². The second kappa shape index (κ2) is 8.11. The number of benzene rings is 2. The molecule has 0 saturated heterocycles. The number of aryl methyl sites for hydroxylation is 2. The van der Waals surface area contributed by atoms with Crippen LogP contribution in [-0.2, 0) is 21.2 Å². The first-order valence-corrected chi connectivity index (χ1v) is 10.9. The summed E-state index contributed by atoms with van der Waals surface area (Å²) in [5, 5.41) is 3.51. The summed E-state index contributed by atoms with van der Waals surface area (Å²) >= 11 is 6.07. The fraction of sp³-hybridized carbons (Fsp3) is 0.350. The Hall–Kier alpha value is -2.09. The van der Waals surface area contributed by atoms with Gasteiger partial charge in [0, 0.05) is 37.0 Å². The number of amides is 1. The summed E-state index contributed by atoms with van der Waals surface area (Å²) in [6.45, 7) is 2.71. The number of hydrogen-bond acceptors (Lipinski definition) is 4. The van der Waals surface area contributed by atoms with E-state index in [2.05, 4.69) is 5.32 Å². The summed E-state index contributed by atoms with van der Waals surface area (Å²) in [5.41, 5.74) is 3.25. The number of rotatable bonds is 5. The summed E-state index contributed by atoms with van der Waals surface area (Å²) < 4.78 is 26.1. The first kappa shape index (κ1) is 20.6. The molecule has 1 amide bonds. The lowest BCUT2D eigenvalue weighted by atomic mass is 10.0. The Morgan fingerprint density at radius 1 is 1.21 bits per heavy atom. The summed E-state index contributed by atoms with van der Waals surface area (Å²) in [4.78, 5) is 14.8. The maximum atomic E-state index is 12.6. The van der Waals surface area contributed by atoms with E-state index in [0.717, 1.165) is 34.9 Å². The van der Waals surface area contributed by atoms with Gasteiger partial charge in [0.1, 0.15) is 0 Å². The number of anilines is 2. The third-order valence-corrected chi connectivity index (χ3v) is 7.01. The van der Waals surface area contributed by atoms with E-state index in [1.54, 1.807) is 19.1 Å². The van der Waals surface area contributed by atoms with Gasteiger partial charge in [-0.1, -0.05) is 17.7 Å². The van der Waals surface area contributed by atoms with Gasteiger partial charge in [0.2, 0.25) is 15.9 Å². The molecule has 2 aromatic carbocycles. The molecule has 0 atom stereocenters. The Labute approximate surface area is 171 Å². The minimum Gasteiger partial charge on any atom is -0.362 e. The number of nitrogens with one attached hydrogen (secondary N) is 1. The summed E-state index contributed by atoms with van der Waals surface area (Å²) in [7, 11) is -0.606. The lowest BCUT2D eigenvalue weighted by molar-refractivity contribution is -0.115. The van der Waals surface area contributed by atoms with Crippen LogP contribution < -0.4 is 10.2 Å². The smallest absolute Gasteiger partial charge is 0.243 e. The highest BCUT2D eigenvalue weighted by Crippen LogP contribution is 2.29. The average Bonchev–Trinajstić information content (AvgIpc) is 2.63. The Kier molecular flexibility index (Phi) is 5.98.